The van der Waals surface area contributed by atoms with Gasteiger partial charge in [0.15, 0.2) is 0 Å². The third kappa shape index (κ3) is 9.07. The van der Waals surface area contributed by atoms with Gasteiger partial charge in [-0.15, -0.1) is 0 Å². The van der Waals surface area contributed by atoms with Gasteiger partial charge in [-0.25, -0.2) is 4.79 Å². The summed E-state index contributed by atoms with van der Waals surface area (Å²) in [5.41, 5.74) is -0.661. The van der Waals surface area contributed by atoms with E-state index in [1.54, 1.807) is 27.7 Å². The van der Waals surface area contributed by atoms with E-state index in [0.29, 0.717) is 0 Å². The first-order valence-corrected chi connectivity index (χ1v) is 6.29. The molecule has 0 aromatic heterocycles. The number of hydrogen-bond acceptors (Lipinski definition) is 5. The van der Waals surface area contributed by atoms with Crippen LogP contribution in [0.5, 0.6) is 0 Å². The zero-order valence-corrected chi connectivity index (χ0v) is 12.2. The van der Waals surface area contributed by atoms with Gasteiger partial charge in [0.2, 0.25) is 0 Å². The highest BCUT2D eigenvalue weighted by atomic mass is 16.6. The van der Waals surface area contributed by atoms with Gasteiger partial charge in [0.25, 0.3) is 0 Å². The lowest BCUT2D eigenvalue weighted by Gasteiger charge is -2.17. The Hall–Kier alpha value is -1.92. The van der Waals surface area contributed by atoms with Crippen molar-refractivity contribution in [1.29, 1.82) is 0 Å². The molecule has 20 heavy (non-hydrogen) atoms. The van der Waals surface area contributed by atoms with Gasteiger partial charge in [-0.1, -0.05) is 0 Å². The average Bonchev–Trinajstić information content (AvgIpc) is 2.25. The minimum atomic E-state index is -1.14. The number of amides is 1. The topological polar surface area (TPSA) is 102 Å². The molecule has 0 saturated heterocycles. The van der Waals surface area contributed by atoms with Crippen LogP contribution in [-0.4, -0.2) is 41.6 Å². The molecule has 0 unspecified atom stereocenters. The predicted molar refractivity (Wildman–Crippen MR) is 71.7 cm³/mol. The molecule has 7 nitrogen and oxygen atoms in total. The summed E-state index contributed by atoms with van der Waals surface area (Å²) in [6, 6.07) is 0. The number of aliphatic carboxylic acids is 1. The van der Waals surface area contributed by atoms with E-state index in [9.17, 15) is 14.4 Å². The first kappa shape index (κ1) is 18.1. The predicted octanol–water partition coefficient (Wildman–Crippen LogP) is 2.04. The molecule has 114 valence electrons. The minimum Gasteiger partial charge on any atom is -0.481 e. The first-order valence-electron chi connectivity index (χ1n) is 6.29. The molecule has 0 heterocycles. The van der Waals surface area contributed by atoms with Gasteiger partial charge in [-0.3, -0.25) is 9.59 Å². The van der Waals surface area contributed by atoms with Crippen molar-refractivity contribution in [2.24, 2.45) is 10.9 Å². The van der Waals surface area contributed by atoms with E-state index in [4.69, 9.17) is 9.84 Å². The summed E-state index contributed by atoms with van der Waals surface area (Å²) < 4.78 is 9.60. The highest BCUT2D eigenvalue weighted by Crippen LogP contribution is 2.10. The van der Waals surface area contributed by atoms with Gasteiger partial charge < -0.3 is 14.6 Å². The number of carboxylic acid groups (broad SMARTS) is 1. The number of carbonyl (C=O) groups is 3. The average molecular weight is 287 g/mol. The molecule has 0 aromatic rings. The lowest BCUT2D eigenvalue weighted by molar-refractivity contribution is -0.151. The summed E-state index contributed by atoms with van der Waals surface area (Å²) in [5.74, 6) is -2.71. The molecule has 1 atom stereocenters. The molecule has 0 bridgehead atoms. The number of esters is 1. The second-order valence-electron chi connectivity index (χ2n) is 5.07. The Morgan fingerprint density at radius 2 is 1.90 bits per heavy atom. The first-order chi connectivity index (χ1) is 9.15. The van der Waals surface area contributed by atoms with Crippen molar-refractivity contribution in [2.75, 3.05) is 6.61 Å². The minimum absolute atomic E-state index is 0.0482. The van der Waals surface area contributed by atoms with E-state index < -0.39 is 29.6 Å². The number of carbonyl (C=O) groups excluding carboxylic acids is 2. The zero-order valence-electron chi connectivity index (χ0n) is 12.2. The molecule has 7 heteroatoms. The monoisotopic (exact) mass is 287 g/mol. The Bertz CT molecular complexity index is 383. The van der Waals surface area contributed by atoms with Crippen molar-refractivity contribution in [1.82, 2.24) is 0 Å². The Morgan fingerprint density at radius 1 is 1.30 bits per heavy atom. The molecule has 0 fully saturated rings. The van der Waals surface area contributed by atoms with Crippen LogP contribution < -0.4 is 0 Å². The van der Waals surface area contributed by atoms with Crippen LogP contribution in [0.15, 0.2) is 4.99 Å². The Labute approximate surface area is 118 Å². The van der Waals surface area contributed by atoms with Gasteiger partial charge in [0.1, 0.15) is 5.60 Å². The largest absolute Gasteiger partial charge is 0.481 e. The molecular formula is C13H21NO6. The second kappa shape index (κ2) is 8.29. The number of ether oxygens (including phenoxy) is 2. The Balaban J connectivity index is 4.37. The van der Waals surface area contributed by atoms with E-state index in [1.807, 2.05) is 0 Å². The molecule has 0 aliphatic carbocycles. The summed E-state index contributed by atoms with van der Waals surface area (Å²) >= 11 is 0. The second-order valence-corrected chi connectivity index (χ2v) is 5.07. The quantitative estimate of drug-likeness (QED) is 0.592. The van der Waals surface area contributed by atoms with Crippen LogP contribution in [0.1, 0.15) is 40.5 Å². The van der Waals surface area contributed by atoms with E-state index in [1.165, 1.54) is 0 Å². The summed E-state index contributed by atoms with van der Waals surface area (Å²) in [4.78, 5) is 36.9. The molecule has 1 N–H and O–H groups in total. The van der Waals surface area contributed by atoms with Crippen LogP contribution in [0.25, 0.3) is 0 Å². The van der Waals surface area contributed by atoms with Crippen molar-refractivity contribution < 1.29 is 29.0 Å². The number of hydrogen-bond donors (Lipinski definition) is 1. The summed E-state index contributed by atoms with van der Waals surface area (Å²) in [7, 11) is 0. The SMILES string of the molecule is CCOC(=O)C[C@@H](CC=NC(=O)OC(C)(C)C)C(=O)O. The Kier molecular flexibility index (Phi) is 7.49. The maximum atomic E-state index is 11.3. The molecule has 0 aliphatic heterocycles. The molecule has 0 saturated carbocycles. The highest BCUT2D eigenvalue weighted by molar-refractivity contribution is 5.84. The highest BCUT2D eigenvalue weighted by Gasteiger charge is 2.21. The lowest BCUT2D eigenvalue weighted by Crippen LogP contribution is -2.22. The van der Waals surface area contributed by atoms with E-state index in [0.717, 1.165) is 6.21 Å². The van der Waals surface area contributed by atoms with Crippen molar-refractivity contribution in [3.63, 3.8) is 0 Å². The normalized spacial score (nSPS) is 13.0. The molecule has 0 spiro atoms. The number of rotatable bonds is 6. The number of aliphatic imine (C=N–C) groups is 1. The fourth-order valence-electron chi connectivity index (χ4n) is 1.24. The summed E-state index contributed by atoms with van der Waals surface area (Å²) in [6.07, 6.45) is 0.0426. The molecular weight excluding hydrogens is 266 g/mol. The number of nitrogens with zero attached hydrogens (tertiary/aromatic N) is 1. The molecule has 0 aliphatic rings. The maximum absolute atomic E-state index is 11.3. The van der Waals surface area contributed by atoms with E-state index >= 15 is 0 Å². The van der Waals surface area contributed by atoms with Gasteiger partial charge in [0, 0.05) is 6.21 Å². The van der Waals surface area contributed by atoms with Crippen LogP contribution in [0.4, 0.5) is 4.79 Å². The summed E-state index contributed by atoms with van der Waals surface area (Å²) in [5, 5.41) is 8.96. The van der Waals surface area contributed by atoms with Gasteiger partial charge in [-0.2, -0.15) is 4.99 Å². The molecule has 0 rings (SSSR count). The van der Waals surface area contributed by atoms with Gasteiger partial charge in [0.05, 0.1) is 18.9 Å². The van der Waals surface area contributed by atoms with Crippen LogP contribution in [0.3, 0.4) is 0 Å². The Morgan fingerprint density at radius 3 is 2.35 bits per heavy atom. The fourth-order valence-corrected chi connectivity index (χ4v) is 1.24. The van der Waals surface area contributed by atoms with Gasteiger partial charge in [-0.05, 0) is 34.1 Å². The van der Waals surface area contributed by atoms with Crippen molar-refractivity contribution in [3.05, 3.63) is 0 Å². The van der Waals surface area contributed by atoms with E-state index in [2.05, 4.69) is 9.73 Å². The van der Waals surface area contributed by atoms with Crippen molar-refractivity contribution in [2.45, 2.75) is 46.1 Å². The standard InChI is InChI=1S/C13H21NO6/c1-5-19-10(15)8-9(11(16)17)6-7-14-12(18)20-13(2,3)4/h7,9H,5-6,8H2,1-4H3,(H,16,17)/t9-/m1/s1. The molecule has 0 radical (unpaired) electrons. The van der Waals surface area contributed by atoms with Gasteiger partial charge >= 0.3 is 18.0 Å². The van der Waals surface area contributed by atoms with Crippen molar-refractivity contribution in [3.8, 4) is 0 Å². The molecule has 0 aromatic carbocycles. The van der Waals surface area contributed by atoms with Crippen LogP contribution in [0.2, 0.25) is 0 Å². The lowest BCUT2D eigenvalue weighted by atomic mass is 10.0. The van der Waals surface area contributed by atoms with E-state index in [-0.39, 0.29) is 19.4 Å². The van der Waals surface area contributed by atoms with Crippen LogP contribution >= 0.6 is 0 Å². The van der Waals surface area contributed by atoms with Crippen LogP contribution in [0, 0.1) is 5.92 Å². The smallest absolute Gasteiger partial charge is 0.433 e. The molecule has 1 amide bonds. The maximum Gasteiger partial charge on any atom is 0.433 e. The fraction of sp³-hybridized carbons (Fsp3) is 0.692. The van der Waals surface area contributed by atoms with Crippen molar-refractivity contribution >= 4 is 24.2 Å². The number of carboxylic acids is 1. The third-order valence-corrected chi connectivity index (χ3v) is 2.05. The summed E-state index contributed by atoms with van der Waals surface area (Å²) in [6.45, 7) is 6.92. The zero-order chi connectivity index (χ0) is 15.8. The van der Waals surface area contributed by atoms with Crippen LogP contribution in [-0.2, 0) is 19.1 Å². The third-order valence-electron chi connectivity index (χ3n) is 2.05.